The normalized spacial score (nSPS) is 23.3. The van der Waals surface area contributed by atoms with E-state index in [1.165, 1.54) is 11.1 Å². The van der Waals surface area contributed by atoms with Crippen LogP contribution in [0, 0.1) is 0 Å². The van der Waals surface area contributed by atoms with Gasteiger partial charge in [0, 0.05) is 68.7 Å². The summed E-state index contributed by atoms with van der Waals surface area (Å²) in [4.78, 5) is 50.1. The molecule has 8 rings (SSSR count). The van der Waals surface area contributed by atoms with Crippen LogP contribution < -0.4 is 9.80 Å². The number of carbonyl (C=O) groups is 3. The lowest BCUT2D eigenvalue weighted by Crippen LogP contribution is -2.37. The molecular formula is C44H56N6O5. The van der Waals surface area contributed by atoms with Gasteiger partial charge in [0.15, 0.2) is 0 Å². The average Bonchev–Trinajstić information content (AvgIpc) is 3.69. The molecule has 0 N–H and O–H groups in total. The molecule has 2 spiro atoms. The molecule has 4 aromatic rings. The number of anilines is 2. The van der Waals surface area contributed by atoms with Gasteiger partial charge in [0.25, 0.3) is 0 Å². The minimum Gasteiger partial charge on any atom is -0.443 e. The number of amides is 2. The Morgan fingerprint density at radius 3 is 1.55 bits per heavy atom. The molecule has 2 aromatic heterocycles. The highest BCUT2D eigenvalue weighted by molar-refractivity contribution is 5.94. The lowest BCUT2D eigenvalue weighted by Gasteiger charge is -2.25. The third-order valence-corrected chi connectivity index (χ3v) is 11.2. The van der Waals surface area contributed by atoms with E-state index < -0.39 is 11.2 Å². The van der Waals surface area contributed by atoms with Crippen LogP contribution in [0.2, 0.25) is 0 Å². The van der Waals surface area contributed by atoms with Crippen LogP contribution in [0.1, 0.15) is 120 Å². The molecule has 11 nitrogen and oxygen atoms in total. The van der Waals surface area contributed by atoms with Crippen LogP contribution in [-0.4, -0.2) is 61.4 Å². The molecule has 2 aliphatic carbocycles. The van der Waals surface area contributed by atoms with E-state index in [2.05, 4.69) is 53.6 Å². The summed E-state index contributed by atoms with van der Waals surface area (Å²) in [7, 11) is 3.96. The first-order chi connectivity index (χ1) is 25.8. The van der Waals surface area contributed by atoms with Gasteiger partial charge in [-0.1, -0.05) is 37.6 Å². The van der Waals surface area contributed by atoms with Crippen molar-refractivity contribution in [2.75, 3.05) is 22.9 Å². The Morgan fingerprint density at radius 1 is 0.727 bits per heavy atom. The summed E-state index contributed by atoms with van der Waals surface area (Å²) in [5.74, 6) is 0.766. The third-order valence-electron chi connectivity index (χ3n) is 11.2. The fraction of sp³-hybridized carbons (Fsp3) is 0.523. The first-order valence-electron chi connectivity index (χ1n) is 19.6. The van der Waals surface area contributed by atoms with E-state index in [4.69, 9.17) is 9.47 Å². The van der Waals surface area contributed by atoms with Crippen molar-refractivity contribution in [2.24, 2.45) is 14.1 Å². The van der Waals surface area contributed by atoms with E-state index in [0.717, 1.165) is 59.6 Å². The van der Waals surface area contributed by atoms with Crippen LogP contribution >= 0.6 is 0 Å². The van der Waals surface area contributed by atoms with Crippen molar-refractivity contribution in [3.8, 4) is 0 Å². The molecule has 0 bridgehead atoms. The Bertz CT molecular complexity index is 2140. The number of ketones is 1. The number of benzene rings is 2. The number of fused-ring (bicyclic) bond motifs is 4. The molecule has 4 unspecified atom stereocenters. The van der Waals surface area contributed by atoms with Crippen molar-refractivity contribution < 1.29 is 23.9 Å². The fourth-order valence-corrected chi connectivity index (χ4v) is 8.70. The topological polar surface area (TPSA) is 112 Å². The maximum Gasteiger partial charge on any atom is 0.414 e. The average molecular weight is 749 g/mol. The number of hydrogen-bond acceptors (Lipinski definition) is 7. The van der Waals surface area contributed by atoms with E-state index in [-0.39, 0.29) is 34.7 Å². The summed E-state index contributed by atoms with van der Waals surface area (Å²) >= 11 is 0. The van der Waals surface area contributed by atoms with Crippen LogP contribution in [0.5, 0.6) is 0 Å². The Kier molecular flexibility index (Phi) is 9.53. The number of carbonyl (C=O) groups excluding carboxylic acids is 3. The second kappa shape index (κ2) is 13.7. The van der Waals surface area contributed by atoms with Crippen molar-refractivity contribution in [3.63, 3.8) is 0 Å². The molecule has 2 saturated carbocycles. The predicted molar refractivity (Wildman–Crippen MR) is 213 cm³/mol. The highest BCUT2D eigenvalue weighted by Gasteiger charge is 2.64. The lowest BCUT2D eigenvalue weighted by atomic mass is 9.92. The Labute approximate surface area is 325 Å². The molecule has 2 amide bonds. The fourth-order valence-electron chi connectivity index (χ4n) is 8.70. The molecule has 2 aliphatic heterocycles. The monoisotopic (exact) mass is 748 g/mol. The minimum absolute atomic E-state index is 0.0235. The van der Waals surface area contributed by atoms with Crippen molar-refractivity contribution in [1.82, 2.24) is 19.1 Å². The smallest absolute Gasteiger partial charge is 0.414 e. The third kappa shape index (κ3) is 7.54. The number of aromatic nitrogens is 4. The van der Waals surface area contributed by atoms with Crippen LogP contribution in [-0.2, 0) is 52.0 Å². The number of nitrogens with zero attached hydrogens (tertiary/aromatic N) is 6. The zero-order chi connectivity index (χ0) is 39.7. The number of aryl methyl sites for hydroxylation is 3. The summed E-state index contributed by atoms with van der Waals surface area (Å²) in [5, 5.41) is 0. The highest BCUT2D eigenvalue weighted by Crippen LogP contribution is 2.66. The second-order valence-corrected chi connectivity index (χ2v) is 18.2. The molecule has 292 valence electrons. The minimum atomic E-state index is -0.550. The summed E-state index contributed by atoms with van der Waals surface area (Å²) in [5.41, 5.74) is 7.59. The van der Waals surface area contributed by atoms with Gasteiger partial charge in [-0.25, -0.2) is 19.6 Å². The molecule has 0 saturated heterocycles. The standard InChI is InChI=1S/C22H27N3O3.C22H29N3O2/c1-14(26)8-15-6-7-19-16(9-15)22(10-17(22)18-11-24(5)13-23-18)12-25(19)20(27)28-21(2,3)4;1-6-7-15-8-9-19-16(10-15)22(11-17(22)18-12-24(5)14-23-18)13-25(19)20(26)27-21(2,3)4/h6-7,9,11,13,17H,8,10,12H2,1-5H3;8-10,12,14,17H,6-7,11,13H2,1-5H3. The number of ether oxygens (including phenoxy) is 2. The Hall–Kier alpha value is -4.93. The van der Waals surface area contributed by atoms with Crippen molar-refractivity contribution >= 4 is 29.3 Å². The van der Waals surface area contributed by atoms with E-state index in [1.54, 1.807) is 11.8 Å². The first kappa shape index (κ1) is 38.3. The SMILES string of the molecule is CC(=O)Cc1ccc2c(c1)C1(CC1c1cn(C)cn1)CN2C(=O)OC(C)(C)C.CCCc1ccc2c(c1)C1(CC1c1cn(C)cn1)CN2C(=O)OC(C)(C)C. The lowest BCUT2D eigenvalue weighted by molar-refractivity contribution is -0.116. The summed E-state index contributed by atoms with van der Waals surface area (Å²) in [6.07, 6.45) is 11.8. The Morgan fingerprint density at radius 2 is 1.16 bits per heavy atom. The maximum absolute atomic E-state index is 12.9. The summed E-state index contributed by atoms with van der Waals surface area (Å²) < 4.78 is 15.3. The van der Waals surface area contributed by atoms with Gasteiger partial charge in [-0.3, -0.25) is 14.6 Å². The van der Waals surface area contributed by atoms with Gasteiger partial charge in [-0.05, 0) is 102 Å². The molecular weight excluding hydrogens is 693 g/mol. The van der Waals surface area contributed by atoms with Crippen LogP contribution in [0.4, 0.5) is 21.0 Å². The van der Waals surface area contributed by atoms with Crippen LogP contribution in [0.15, 0.2) is 61.4 Å². The number of rotatable bonds is 6. The van der Waals surface area contributed by atoms with Gasteiger partial charge in [0.05, 0.1) is 35.4 Å². The van der Waals surface area contributed by atoms with Crippen molar-refractivity contribution in [2.45, 2.75) is 121 Å². The zero-order valence-corrected chi connectivity index (χ0v) is 34.1. The number of imidazole rings is 2. The largest absolute Gasteiger partial charge is 0.443 e. The van der Waals surface area contributed by atoms with E-state index in [1.807, 2.05) is 94.5 Å². The zero-order valence-electron chi connectivity index (χ0n) is 34.1. The Balaban J connectivity index is 0.000000169. The highest BCUT2D eigenvalue weighted by atomic mass is 16.6. The van der Waals surface area contributed by atoms with E-state index in [9.17, 15) is 14.4 Å². The van der Waals surface area contributed by atoms with Crippen molar-refractivity contribution in [3.05, 3.63) is 95.1 Å². The van der Waals surface area contributed by atoms with Gasteiger partial charge in [0.2, 0.25) is 0 Å². The first-order valence-corrected chi connectivity index (χ1v) is 19.6. The van der Waals surface area contributed by atoms with Gasteiger partial charge >= 0.3 is 12.2 Å². The number of hydrogen-bond donors (Lipinski definition) is 0. The molecule has 2 fully saturated rings. The second-order valence-electron chi connectivity index (χ2n) is 18.2. The summed E-state index contributed by atoms with van der Waals surface area (Å²) in [6.45, 7) is 16.4. The van der Waals surface area contributed by atoms with E-state index >= 15 is 0 Å². The predicted octanol–water partition coefficient (Wildman–Crippen LogP) is 8.29. The molecule has 4 heterocycles. The maximum atomic E-state index is 12.9. The molecule has 11 heteroatoms. The van der Waals surface area contributed by atoms with Gasteiger partial charge < -0.3 is 18.6 Å². The van der Waals surface area contributed by atoms with Gasteiger partial charge in [0.1, 0.15) is 17.0 Å². The van der Waals surface area contributed by atoms with E-state index in [0.29, 0.717) is 25.4 Å². The molecule has 4 aliphatic rings. The molecule has 55 heavy (non-hydrogen) atoms. The molecule has 0 radical (unpaired) electrons. The van der Waals surface area contributed by atoms with Gasteiger partial charge in [-0.15, -0.1) is 0 Å². The molecule has 4 atom stereocenters. The van der Waals surface area contributed by atoms with Crippen LogP contribution in [0.25, 0.3) is 0 Å². The summed E-state index contributed by atoms with van der Waals surface area (Å²) in [6, 6.07) is 12.6. The van der Waals surface area contributed by atoms with Gasteiger partial charge in [-0.2, -0.15) is 0 Å². The quantitative estimate of drug-likeness (QED) is 0.195. The molecule has 2 aromatic carbocycles. The number of Topliss-reactive ketones (excluding diaryl/α,β-unsaturated/α-hetero) is 1. The van der Waals surface area contributed by atoms with Crippen LogP contribution in [0.3, 0.4) is 0 Å². The van der Waals surface area contributed by atoms with Crippen molar-refractivity contribution in [1.29, 1.82) is 0 Å².